The number of hydrogen-bond donors (Lipinski definition) is 4. The third kappa shape index (κ3) is 7.88. The summed E-state index contributed by atoms with van der Waals surface area (Å²) in [7, 11) is 3.18. The topological polar surface area (TPSA) is 117 Å². The molecule has 0 bridgehead atoms. The van der Waals surface area contributed by atoms with Gasteiger partial charge in [0.05, 0.1) is 25.2 Å². The summed E-state index contributed by atoms with van der Waals surface area (Å²) in [5.41, 5.74) is 0.891. The molecule has 31 heavy (non-hydrogen) atoms. The van der Waals surface area contributed by atoms with Crippen molar-refractivity contribution in [1.29, 1.82) is 0 Å². The fraction of sp³-hybridized carbons (Fsp3) is 0.652. The second-order valence-corrected chi connectivity index (χ2v) is 8.08. The van der Waals surface area contributed by atoms with Gasteiger partial charge < -0.3 is 30.3 Å². The number of hydrogen-bond acceptors (Lipinski definition) is 7. The summed E-state index contributed by atoms with van der Waals surface area (Å²) < 4.78 is 10.7. The molecule has 0 spiro atoms. The molecule has 1 aliphatic carbocycles. The van der Waals surface area contributed by atoms with Gasteiger partial charge >= 0.3 is 5.97 Å². The van der Waals surface area contributed by atoms with Gasteiger partial charge in [0, 0.05) is 32.0 Å². The van der Waals surface area contributed by atoms with Crippen LogP contribution in [0.1, 0.15) is 31.2 Å². The lowest BCUT2D eigenvalue weighted by Gasteiger charge is -2.38. The van der Waals surface area contributed by atoms with Gasteiger partial charge in [-0.25, -0.2) is 4.79 Å². The predicted molar refractivity (Wildman–Crippen MR) is 116 cm³/mol. The van der Waals surface area contributed by atoms with E-state index < -0.39 is 29.9 Å². The second-order valence-electron chi connectivity index (χ2n) is 8.08. The quantitative estimate of drug-likeness (QED) is 0.281. The minimum atomic E-state index is -0.903. The lowest BCUT2D eigenvalue weighted by molar-refractivity contribution is -0.148. The van der Waals surface area contributed by atoms with Crippen molar-refractivity contribution in [3.63, 3.8) is 0 Å². The molecule has 0 aromatic heterocycles. The number of aliphatic hydroxyl groups excluding tert-OH is 2. The number of carbonyl (C=O) groups excluding carboxylic acids is 2. The van der Waals surface area contributed by atoms with Crippen LogP contribution in [0.5, 0.6) is 0 Å². The minimum Gasteiger partial charge on any atom is -0.467 e. The first-order valence-electron chi connectivity index (χ1n) is 11.0. The van der Waals surface area contributed by atoms with E-state index in [1.54, 1.807) is 0 Å². The zero-order chi connectivity index (χ0) is 22.6. The molecule has 1 aliphatic rings. The summed E-state index contributed by atoms with van der Waals surface area (Å²) >= 11 is 0. The number of ether oxygens (including phenoxy) is 2. The fourth-order valence-corrected chi connectivity index (χ4v) is 4.01. The second kappa shape index (κ2) is 13.4. The summed E-state index contributed by atoms with van der Waals surface area (Å²) in [6.07, 6.45) is 1.54. The van der Waals surface area contributed by atoms with Gasteiger partial charge in [0.1, 0.15) is 6.04 Å². The zero-order valence-electron chi connectivity index (χ0n) is 18.5. The molecule has 4 unspecified atom stereocenters. The molecule has 1 fully saturated rings. The Bertz CT molecular complexity index is 671. The first-order valence-corrected chi connectivity index (χ1v) is 11.0. The first kappa shape index (κ1) is 25.3. The summed E-state index contributed by atoms with van der Waals surface area (Å²) in [5.74, 6) is -1.91. The maximum atomic E-state index is 12.9. The normalized spacial score (nSPS) is 24.4. The van der Waals surface area contributed by atoms with Crippen LogP contribution < -0.4 is 10.6 Å². The number of amides is 1. The van der Waals surface area contributed by atoms with Crippen molar-refractivity contribution in [2.24, 2.45) is 11.8 Å². The van der Waals surface area contributed by atoms with E-state index >= 15 is 0 Å². The molecule has 1 aromatic carbocycles. The van der Waals surface area contributed by atoms with Gasteiger partial charge in [-0.05, 0) is 38.4 Å². The third-order valence-electron chi connectivity index (χ3n) is 5.83. The first-order chi connectivity index (χ1) is 15.0. The number of rotatable bonds is 12. The number of benzene rings is 1. The molecular weight excluding hydrogens is 400 g/mol. The van der Waals surface area contributed by atoms with E-state index in [1.807, 2.05) is 37.4 Å². The van der Waals surface area contributed by atoms with E-state index in [4.69, 9.17) is 9.47 Å². The molecule has 2 rings (SSSR count). The van der Waals surface area contributed by atoms with E-state index in [-0.39, 0.29) is 25.0 Å². The van der Waals surface area contributed by atoms with Gasteiger partial charge in [-0.2, -0.15) is 0 Å². The van der Waals surface area contributed by atoms with Gasteiger partial charge in [0.15, 0.2) is 0 Å². The summed E-state index contributed by atoms with van der Waals surface area (Å²) in [6.45, 7) is 1.34. The van der Waals surface area contributed by atoms with Gasteiger partial charge in [0.2, 0.25) is 5.91 Å². The van der Waals surface area contributed by atoms with Crippen LogP contribution in [0.3, 0.4) is 0 Å². The molecule has 8 heteroatoms. The average molecular weight is 437 g/mol. The van der Waals surface area contributed by atoms with Gasteiger partial charge in [-0.1, -0.05) is 30.3 Å². The molecule has 0 saturated heterocycles. The molecule has 8 nitrogen and oxygen atoms in total. The van der Waals surface area contributed by atoms with Crippen molar-refractivity contribution in [2.75, 3.05) is 33.9 Å². The average Bonchev–Trinajstić information content (AvgIpc) is 2.78. The van der Waals surface area contributed by atoms with Crippen LogP contribution in [-0.2, 0) is 25.5 Å². The SMILES string of the molecule is CNCCCCOC1CC(O)C(C(=O)N[C@@H](Cc2ccccc2)C(=O)OC)CC1CO. The Balaban J connectivity index is 1.95. The maximum Gasteiger partial charge on any atom is 0.328 e. The number of carbonyl (C=O) groups is 2. The molecule has 5 atom stereocenters. The summed E-state index contributed by atoms with van der Waals surface area (Å²) in [4.78, 5) is 25.1. The van der Waals surface area contributed by atoms with Gasteiger partial charge in [-0.15, -0.1) is 0 Å². The molecule has 0 aliphatic heterocycles. The van der Waals surface area contributed by atoms with Crippen LogP contribution in [0, 0.1) is 11.8 Å². The van der Waals surface area contributed by atoms with E-state index in [1.165, 1.54) is 7.11 Å². The van der Waals surface area contributed by atoms with Crippen molar-refractivity contribution < 1.29 is 29.3 Å². The van der Waals surface area contributed by atoms with E-state index in [0.717, 1.165) is 24.9 Å². The van der Waals surface area contributed by atoms with Crippen molar-refractivity contribution in [3.05, 3.63) is 35.9 Å². The van der Waals surface area contributed by atoms with Crippen molar-refractivity contribution in [2.45, 2.75) is 50.4 Å². The van der Waals surface area contributed by atoms with Crippen LogP contribution in [0.15, 0.2) is 30.3 Å². The molecule has 0 heterocycles. The minimum absolute atomic E-state index is 0.123. The monoisotopic (exact) mass is 436 g/mol. The third-order valence-corrected chi connectivity index (χ3v) is 5.83. The Morgan fingerprint density at radius 1 is 1.19 bits per heavy atom. The lowest BCUT2D eigenvalue weighted by Crippen LogP contribution is -2.52. The number of esters is 1. The smallest absolute Gasteiger partial charge is 0.328 e. The molecule has 174 valence electrons. The highest BCUT2D eigenvalue weighted by atomic mass is 16.5. The number of nitrogens with one attached hydrogen (secondary N) is 2. The molecule has 0 radical (unpaired) electrons. The maximum absolute atomic E-state index is 12.9. The molecular formula is C23H36N2O6. The molecule has 1 saturated carbocycles. The highest BCUT2D eigenvalue weighted by molar-refractivity contribution is 5.86. The van der Waals surface area contributed by atoms with Crippen LogP contribution in [-0.4, -0.2) is 74.3 Å². The Morgan fingerprint density at radius 3 is 2.58 bits per heavy atom. The summed E-state index contributed by atoms with van der Waals surface area (Å²) in [5, 5.41) is 26.2. The number of unbranched alkanes of at least 4 members (excludes halogenated alkanes) is 1. The van der Waals surface area contributed by atoms with E-state index in [2.05, 4.69) is 10.6 Å². The van der Waals surface area contributed by atoms with Crippen molar-refractivity contribution in [3.8, 4) is 0 Å². The molecule has 4 N–H and O–H groups in total. The number of aliphatic hydroxyl groups is 2. The zero-order valence-corrected chi connectivity index (χ0v) is 18.5. The van der Waals surface area contributed by atoms with Gasteiger partial charge in [0.25, 0.3) is 0 Å². The van der Waals surface area contributed by atoms with Crippen molar-refractivity contribution in [1.82, 2.24) is 10.6 Å². The highest BCUT2D eigenvalue weighted by Crippen LogP contribution is 2.32. The fourth-order valence-electron chi connectivity index (χ4n) is 4.01. The number of methoxy groups -OCH3 is 1. The summed E-state index contributed by atoms with van der Waals surface area (Å²) in [6, 6.07) is 8.50. The predicted octanol–water partition coefficient (Wildman–Crippen LogP) is 0.651. The largest absolute Gasteiger partial charge is 0.467 e. The van der Waals surface area contributed by atoms with Crippen LogP contribution >= 0.6 is 0 Å². The lowest BCUT2D eigenvalue weighted by atomic mass is 9.77. The van der Waals surface area contributed by atoms with E-state index in [9.17, 15) is 19.8 Å². The Kier molecular flexibility index (Phi) is 10.9. The highest BCUT2D eigenvalue weighted by Gasteiger charge is 2.41. The van der Waals surface area contributed by atoms with Crippen LogP contribution in [0.25, 0.3) is 0 Å². The van der Waals surface area contributed by atoms with Crippen LogP contribution in [0.2, 0.25) is 0 Å². The van der Waals surface area contributed by atoms with Gasteiger partial charge in [-0.3, -0.25) is 4.79 Å². The Hall–Kier alpha value is -2.00. The molecule has 1 amide bonds. The van der Waals surface area contributed by atoms with Crippen molar-refractivity contribution >= 4 is 11.9 Å². The standard InChI is InChI=1S/C23H36N2O6/c1-24-10-6-7-11-31-21-14-20(27)18(13-17(21)15-26)22(28)25-19(23(29)30-2)12-16-8-4-3-5-9-16/h3-5,8-9,17-21,24,26-27H,6-7,10-15H2,1-2H3,(H,25,28)/t17?,18?,19-,20?,21?/m0/s1. The Morgan fingerprint density at radius 2 is 1.94 bits per heavy atom. The van der Waals surface area contributed by atoms with E-state index in [0.29, 0.717) is 19.4 Å². The molecule has 1 aromatic rings. The Labute approximate surface area is 184 Å². The van der Waals surface area contributed by atoms with Crippen LogP contribution in [0.4, 0.5) is 0 Å².